The molecule has 11 aliphatic rings. The highest BCUT2D eigenvalue weighted by Gasteiger charge is 2.46. The Labute approximate surface area is 700 Å². The molecule has 5 N–H and O–H groups in total. The first kappa shape index (κ1) is 81.5. The standard InChI is InChI=1S/C21H25N3O3.2C18H21N3O2.2C16H19N5O3/c1-26-16-4-2-3-14(11-16)20-17(9-10-24(20)15-7-8-15)22-21(25)18-12-19(27-23-18)13-5-6-13;2*1-21-10-14(12-5-3-2-4-6-12)16(11-21)19-18(22)15-9-17(23-20-15)13-7-8-13;2*1-9-5-13(16(23)21(9)11-7-17-20(2)8-11)18-15(22)12-6-14(24-19-12)10-3-4-10/h2-4,11-13,15,17,20H,5-10H2,1H3,(H,22,25);2*2-6,9,13-14,16H,7-8,10-11H2,1H3,(H,19,22);2*6-10,13H,3-5H2,1-2H3,(H,18,22)/t;14-,16+;14-,16-;9-,13+;9-,13-/m.1010/s1. The predicted molar refractivity (Wildman–Crippen MR) is 442 cm³/mol. The minimum Gasteiger partial charge on any atom is -0.497 e. The van der Waals surface area contributed by atoms with E-state index in [9.17, 15) is 33.6 Å². The van der Waals surface area contributed by atoms with Crippen molar-refractivity contribution < 1.29 is 60.9 Å². The van der Waals surface area contributed by atoms with E-state index in [4.69, 9.17) is 27.4 Å². The predicted octanol–water partition coefficient (Wildman–Crippen LogP) is 10.4. The van der Waals surface area contributed by atoms with Crippen molar-refractivity contribution in [2.24, 2.45) is 14.1 Å². The van der Waals surface area contributed by atoms with Gasteiger partial charge >= 0.3 is 0 Å². The number of hydrogen-bond donors (Lipinski definition) is 5. The zero-order valence-corrected chi connectivity index (χ0v) is 69.2. The zero-order valence-electron chi connectivity index (χ0n) is 69.2. The smallest absolute Gasteiger partial charge is 0.274 e. The van der Waals surface area contributed by atoms with Gasteiger partial charge in [-0.25, -0.2) is 0 Å². The molecule has 10 atom stereocenters. The van der Waals surface area contributed by atoms with Gasteiger partial charge in [0, 0.05) is 161 Å². The molecule has 10 aromatic rings. The van der Waals surface area contributed by atoms with Gasteiger partial charge in [-0.05, 0) is 153 Å². The third kappa shape index (κ3) is 19.5. The summed E-state index contributed by atoms with van der Waals surface area (Å²) in [5.74, 6) is 6.28. The number of aromatic nitrogens is 9. The fraction of sp³-hybridized carbons (Fsp3) is 0.483. The first-order valence-electron chi connectivity index (χ1n) is 42.6. The van der Waals surface area contributed by atoms with Crippen LogP contribution in [0.3, 0.4) is 0 Å². The number of rotatable bonds is 22. The van der Waals surface area contributed by atoms with Crippen LogP contribution < -0.4 is 41.1 Å². The second kappa shape index (κ2) is 35.4. The molecule has 6 saturated carbocycles. The summed E-state index contributed by atoms with van der Waals surface area (Å²) in [6.07, 6.45) is 22.5. The Kier molecular flexibility index (Phi) is 23.8. The molecule has 32 heteroatoms. The van der Waals surface area contributed by atoms with Crippen molar-refractivity contribution in [3.63, 3.8) is 0 Å². The SMILES string of the molecule is CN1C[C@H](NC(=O)c2cc(C3CC3)on2)[C@@H](c2ccccc2)C1.CN1C[C@H](NC(=O)c2cc(C3CC3)on2)[C@H](c2ccccc2)C1.COc1cccc(C2C(NC(=O)c3cc(C4CC4)on3)CCN2C2CC2)c1.C[C@@H]1C[C@H](NC(=O)c2cc(C3CC3)on2)C(=O)N1c1cnn(C)c1.C[C@H]1C[C@H](NC(=O)c2cc(C3CC3)on2)C(=O)N1c1cnn(C)c1. The maximum absolute atomic E-state index is 12.8. The first-order valence-corrected chi connectivity index (χ1v) is 42.6. The van der Waals surface area contributed by atoms with Crippen LogP contribution in [0.2, 0.25) is 0 Å². The molecule has 11 fully saturated rings. The van der Waals surface area contributed by atoms with Crippen LogP contribution in [-0.4, -0.2) is 204 Å². The summed E-state index contributed by atoms with van der Waals surface area (Å²) in [5.41, 5.74) is 6.86. The largest absolute Gasteiger partial charge is 0.497 e. The highest BCUT2D eigenvalue weighted by Crippen LogP contribution is 2.46. The summed E-state index contributed by atoms with van der Waals surface area (Å²) in [6.45, 7) is 8.50. The van der Waals surface area contributed by atoms with Gasteiger partial charge in [0.25, 0.3) is 29.5 Å². The van der Waals surface area contributed by atoms with Crippen LogP contribution in [0.1, 0.15) is 256 Å². The van der Waals surface area contributed by atoms with Crippen molar-refractivity contribution in [3.05, 3.63) is 214 Å². The lowest BCUT2D eigenvalue weighted by molar-refractivity contribution is -0.119. The van der Waals surface area contributed by atoms with Gasteiger partial charge in [-0.1, -0.05) is 98.6 Å². The fourth-order valence-electron chi connectivity index (χ4n) is 17.3. The quantitative estimate of drug-likeness (QED) is 0.0421. The van der Waals surface area contributed by atoms with Gasteiger partial charge in [0.05, 0.1) is 43.0 Å². The number of hydrogen-bond acceptors (Lipinski definition) is 23. The molecule has 0 bridgehead atoms. The van der Waals surface area contributed by atoms with E-state index >= 15 is 0 Å². The number of nitrogens with zero attached hydrogens (tertiary/aromatic N) is 14. The number of likely N-dealkylation sites (N-methyl/N-ethyl adjacent to an activating group) is 2. The monoisotopic (exact) mass is 1650 g/mol. The molecule has 7 aromatic heterocycles. The highest BCUT2D eigenvalue weighted by atomic mass is 16.5. The van der Waals surface area contributed by atoms with Crippen LogP contribution in [0, 0.1) is 0 Å². The van der Waals surface area contributed by atoms with Gasteiger partial charge in [0.2, 0.25) is 11.8 Å². The number of anilines is 2. The Morgan fingerprint density at radius 2 is 0.752 bits per heavy atom. The van der Waals surface area contributed by atoms with E-state index in [0.29, 0.717) is 77.4 Å². The summed E-state index contributed by atoms with van der Waals surface area (Å²) in [6, 6.07) is 37.6. The summed E-state index contributed by atoms with van der Waals surface area (Å²) in [7, 11) is 9.46. The molecule has 0 radical (unpaired) electrons. The number of ether oxygens (including phenoxy) is 1. The molecule has 2 unspecified atom stereocenters. The molecular weight excluding hydrogens is 1540 g/mol. The number of nitrogens with one attached hydrogen (secondary N) is 5. The maximum Gasteiger partial charge on any atom is 0.274 e. The number of amides is 7. The molecule has 634 valence electrons. The van der Waals surface area contributed by atoms with Crippen molar-refractivity contribution in [1.29, 1.82) is 0 Å². The molecule has 5 aliphatic heterocycles. The van der Waals surface area contributed by atoms with E-state index in [0.717, 1.165) is 149 Å². The molecule has 5 saturated heterocycles. The van der Waals surface area contributed by atoms with E-state index in [1.165, 1.54) is 29.5 Å². The average Bonchev–Trinajstić information content (AvgIpc) is 1.63. The highest BCUT2D eigenvalue weighted by molar-refractivity contribution is 6.05. The minimum absolute atomic E-state index is 0.00802. The van der Waals surface area contributed by atoms with Crippen LogP contribution in [0.15, 0.2) is 163 Å². The number of aryl methyl sites for hydroxylation is 2. The zero-order chi connectivity index (χ0) is 83.7. The fourth-order valence-corrected chi connectivity index (χ4v) is 17.3. The second-order valence-electron chi connectivity index (χ2n) is 34.5. The van der Waals surface area contributed by atoms with Gasteiger partial charge in [-0.3, -0.25) is 47.8 Å². The molecular formula is C89H105N19O13. The number of methoxy groups -OCH3 is 1. The van der Waals surface area contributed by atoms with E-state index in [1.807, 2.05) is 62.4 Å². The molecule has 3 aromatic carbocycles. The number of carbonyl (C=O) groups is 7. The molecule has 121 heavy (non-hydrogen) atoms. The second-order valence-corrected chi connectivity index (χ2v) is 34.5. The molecule has 12 heterocycles. The summed E-state index contributed by atoms with van der Waals surface area (Å²) < 4.78 is 35.0. The Morgan fingerprint density at radius 3 is 1.08 bits per heavy atom. The van der Waals surface area contributed by atoms with E-state index in [2.05, 4.69) is 128 Å². The molecule has 6 aliphatic carbocycles. The number of likely N-dealkylation sites (tertiary alicyclic amines) is 3. The molecule has 0 spiro atoms. The van der Waals surface area contributed by atoms with Crippen molar-refractivity contribution in [1.82, 2.24) is 86.6 Å². The lowest BCUT2D eigenvalue weighted by atomic mass is 9.94. The van der Waals surface area contributed by atoms with Crippen molar-refractivity contribution in [2.45, 2.75) is 206 Å². The van der Waals surface area contributed by atoms with Crippen molar-refractivity contribution >= 4 is 52.7 Å². The van der Waals surface area contributed by atoms with Crippen molar-refractivity contribution in [3.8, 4) is 5.75 Å². The summed E-state index contributed by atoms with van der Waals surface area (Å²) in [4.78, 5) is 98.1. The van der Waals surface area contributed by atoms with Gasteiger partial charge in [0.1, 0.15) is 46.6 Å². The summed E-state index contributed by atoms with van der Waals surface area (Å²) >= 11 is 0. The first-order chi connectivity index (χ1) is 58.7. The van der Waals surface area contributed by atoms with Crippen molar-refractivity contribution in [2.75, 3.05) is 63.7 Å². The van der Waals surface area contributed by atoms with Crippen LogP contribution in [0.4, 0.5) is 11.4 Å². The van der Waals surface area contributed by atoms with E-state index in [1.54, 1.807) is 95.5 Å². The third-order valence-electron chi connectivity index (χ3n) is 24.7. The Morgan fingerprint density at radius 1 is 0.405 bits per heavy atom. The Balaban J connectivity index is 0.000000108. The maximum atomic E-state index is 12.8. The van der Waals surface area contributed by atoms with Gasteiger partial charge in [-0.2, -0.15) is 10.2 Å². The van der Waals surface area contributed by atoms with Gasteiger partial charge in [-0.15, -0.1) is 0 Å². The van der Waals surface area contributed by atoms with Crippen LogP contribution >= 0.6 is 0 Å². The normalized spacial score (nSPS) is 24.5. The lowest BCUT2D eigenvalue weighted by Gasteiger charge is -2.29. The third-order valence-corrected chi connectivity index (χ3v) is 24.7. The molecule has 21 rings (SSSR count). The number of carbonyl (C=O) groups excluding carboxylic acids is 7. The van der Waals surface area contributed by atoms with Crippen LogP contribution in [0.5, 0.6) is 5.75 Å². The Bertz CT molecular complexity index is 5060. The summed E-state index contributed by atoms with van der Waals surface area (Å²) in [5, 5.41) is 42.8. The van der Waals surface area contributed by atoms with Gasteiger partial charge < -0.3 is 73.5 Å². The van der Waals surface area contributed by atoms with Crippen LogP contribution in [0.25, 0.3) is 0 Å². The van der Waals surface area contributed by atoms with E-state index < -0.39 is 12.1 Å². The van der Waals surface area contributed by atoms with Crippen LogP contribution in [-0.2, 0) is 23.7 Å². The molecule has 7 amide bonds. The Hall–Kier alpha value is -11.9. The average molecular weight is 1650 g/mol. The molecule has 32 nitrogen and oxygen atoms in total. The minimum atomic E-state index is -0.561. The topological polar surface area (TPSA) is 371 Å². The number of benzene rings is 3. The lowest BCUT2D eigenvalue weighted by Crippen LogP contribution is -2.42. The van der Waals surface area contributed by atoms with E-state index in [-0.39, 0.29) is 89.0 Å². The van der Waals surface area contributed by atoms with Gasteiger partial charge in [0.15, 0.2) is 28.5 Å².